The summed E-state index contributed by atoms with van der Waals surface area (Å²) < 4.78 is 19.3. The quantitative estimate of drug-likeness (QED) is 0.267. The van der Waals surface area contributed by atoms with Crippen molar-refractivity contribution in [1.82, 2.24) is 4.57 Å². The Morgan fingerprint density at radius 2 is 1.85 bits per heavy atom. The molecule has 3 aromatic carbocycles. The Balaban J connectivity index is 1.41. The lowest BCUT2D eigenvalue weighted by molar-refractivity contribution is 0.101. The standard InChI is InChI=1S/C27H21Cl2NO4/c1-3-30-14-17(22-12-19(32-2)7-9-24(22)30)10-26-27(31)21-8-6-20(13-25(21)34-26)33-15-16-4-5-18(28)11-23(16)29/h4-14H,3,15H2,1-2H3/b26-10+. The number of halogens is 2. The number of Topliss-reactive ketones (excluding diaryl/α,β-unsaturated/α-hetero) is 1. The van der Waals surface area contributed by atoms with Crippen LogP contribution in [0.4, 0.5) is 0 Å². The number of benzene rings is 3. The van der Waals surface area contributed by atoms with Crippen LogP contribution in [0.25, 0.3) is 17.0 Å². The first-order chi connectivity index (χ1) is 16.5. The van der Waals surface area contributed by atoms with Crippen LogP contribution < -0.4 is 14.2 Å². The van der Waals surface area contributed by atoms with Gasteiger partial charge in [0.2, 0.25) is 5.78 Å². The van der Waals surface area contributed by atoms with Gasteiger partial charge in [0.15, 0.2) is 5.76 Å². The molecule has 7 heteroatoms. The molecule has 1 aliphatic rings. The smallest absolute Gasteiger partial charge is 0.231 e. The van der Waals surface area contributed by atoms with E-state index < -0.39 is 0 Å². The summed E-state index contributed by atoms with van der Waals surface area (Å²) in [5.41, 5.74) is 3.27. The Labute approximate surface area is 207 Å². The highest BCUT2D eigenvalue weighted by molar-refractivity contribution is 6.35. The zero-order valence-corrected chi connectivity index (χ0v) is 20.1. The number of rotatable bonds is 6. The zero-order valence-electron chi connectivity index (χ0n) is 18.6. The number of hydrogen-bond donors (Lipinski definition) is 0. The molecule has 2 heterocycles. The molecule has 0 radical (unpaired) electrons. The summed E-state index contributed by atoms with van der Waals surface area (Å²) in [5.74, 6) is 1.90. The van der Waals surface area contributed by atoms with Gasteiger partial charge in [-0.15, -0.1) is 0 Å². The third-order valence-electron chi connectivity index (χ3n) is 5.80. The van der Waals surface area contributed by atoms with Gasteiger partial charge in [0.25, 0.3) is 0 Å². The first kappa shape index (κ1) is 22.4. The SMILES string of the molecule is CCn1cc(/C=C2/Oc3cc(OCc4ccc(Cl)cc4Cl)ccc3C2=O)c2cc(OC)ccc21. The average Bonchev–Trinajstić information content (AvgIpc) is 3.34. The Morgan fingerprint density at radius 3 is 2.62 bits per heavy atom. The molecule has 0 saturated heterocycles. The molecule has 1 aliphatic heterocycles. The number of nitrogens with zero attached hydrogens (tertiary/aromatic N) is 1. The molecule has 0 saturated carbocycles. The van der Waals surface area contributed by atoms with Crippen molar-refractivity contribution in [2.45, 2.75) is 20.1 Å². The van der Waals surface area contributed by atoms with Gasteiger partial charge in [-0.1, -0.05) is 29.3 Å². The van der Waals surface area contributed by atoms with E-state index in [9.17, 15) is 4.79 Å². The Hall–Kier alpha value is -3.41. The zero-order chi connectivity index (χ0) is 23.8. The molecular formula is C27H21Cl2NO4. The predicted molar refractivity (Wildman–Crippen MR) is 134 cm³/mol. The van der Waals surface area contributed by atoms with Crippen LogP contribution in [0, 0.1) is 0 Å². The monoisotopic (exact) mass is 493 g/mol. The summed E-state index contributed by atoms with van der Waals surface area (Å²) in [6, 6.07) is 16.4. The molecule has 4 aromatic rings. The molecule has 0 fully saturated rings. The van der Waals surface area contributed by atoms with Gasteiger partial charge in [-0.05, 0) is 55.5 Å². The highest BCUT2D eigenvalue weighted by atomic mass is 35.5. The molecule has 0 aliphatic carbocycles. The lowest BCUT2D eigenvalue weighted by atomic mass is 10.1. The van der Waals surface area contributed by atoms with Crippen LogP contribution >= 0.6 is 23.2 Å². The minimum Gasteiger partial charge on any atom is -0.497 e. The highest BCUT2D eigenvalue weighted by Crippen LogP contribution is 2.36. The Kier molecular flexibility index (Phi) is 5.98. The maximum Gasteiger partial charge on any atom is 0.231 e. The fourth-order valence-corrected chi connectivity index (χ4v) is 4.47. The van der Waals surface area contributed by atoms with Crippen LogP contribution in [0.3, 0.4) is 0 Å². The van der Waals surface area contributed by atoms with Crippen LogP contribution in [0.5, 0.6) is 17.2 Å². The summed E-state index contributed by atoms with van der Waals surface area (Å²) >= 11 is 12.2. The summed E-state index contributed by atoms with van der Waals surface area (Å²) in [6.07, 6.45) is 3.80. The van der Waals surface area contributed by atoms with Gasteiger partial charge >= 0.3 is 0 Å². The number of hydrogen-bond acceptors (Lipinski definition) is 4. The molecular weight excluding hydrogens is 473 g/mol. The van der Waals surface area contributed by atoms with E-state index in [1.807, 2.05) is 30.5 Å². The normalized spacial score (nSPS) is 13.9. The Morgan fingerprint density at radius 1 is 1.03 bits per heavy atom. The number of ether oxygens (including phenoxy) is 3. The fraction of sp³-hybridized carbons (Fsp3) is 0.148. The summed E-state index contributed by atoms with van der Waals surface area (Å²) in [7, 11) is 1.64. The first-order valence-corrected chi connectivity index (χ1v) is 11.5. The maximum absolute atomic E-state index is 13.0. The number of allylic oxidation sites excluding steroid dienone is 1. The van der Waals surface area contributed by atoms with E-state index in [0.29, 0.717) is 27.1 Å². The summed E-state index contributed by atoms with van der Waals surface area (Å²) in [4.78, 5) is 13.0. The average molecular weight is 494 g/mol. The molecule has 34 heavy (non-hydrogen) atoms. The molecule has 1 aromatic heterocycles. The first-order valence-electron chi connectivity index (χ1n) is 10.8. The molecule has 0 spiro atoms. The van der Waals surface area contributed by atoms with E-state index in [4.69, 9.17) is 37.4 Å². The number of aryl methyl sites for hydroxylation is 1. The number of ketones is 1. The summed E-state index contributed by atoms with van der Waals surface area (Å²) in [5, 5.41) is 2.09. The molecule has 5 rings (SSSR count). The molecule has 0 N–H and O–H groups in total. The van der Waals surface area contributed by atoms with Crippen LogP contribution in [0.1, 0.15) is 28.4 Å². The maximum atomic E-state index is 13.0. The van der Waals surface area contributed by atoms with E-state index in [0.717, 1.165) is 34.3 Å². The van der Waals surface area contributed by atoms with Gasteiger partial charge in [-0.25, -0.2) is 0 Å². The second kappa shape index (κ2) is 9.09. The van der Waals surface area contributed by atoms with Gasteiger partial charge in [0, 0.05) is 50.9 Å². The van der Waals surface area contributed by atoms with Crippen LogP contribution in [0.15, 0.2) is 66.6 Å². The molecule has 0 atom stereocenters. The van der Waals surface area contributed by atoms with E-state index in [2.05, 4.69) is 11.5 Å². The second-order valence-corrected chi connectivity index (χ2v) is 8.72. The molecule has 5 nitrogen and oxygen atoms in total. The van der Waals surface area contributed by atoms with Crippen molar-refractivity contribution >= 4 is 46.0 Å². The van der Waals surface area contributed by atoms with Gasteiger partial charge < -0.3 is 18.8 Å². The fourth-order valence-electron chi connectivity index (χ4n) is 4.01. The minimum atomic E-state index is -0.164. The van der Waals surface area contributed by atoms with Crippen LogP contribution in [-0.2, 0) is 13.2 Å². The minimum absolute atomic E-state index is 0.164. The lowest BCUT2D eigenvalue weighted by Crippen LogP contribution is -1.98. The number of fused-ring (bicyclic) bond motifs is 2. The number of carbonyl (C=O) groups is 1. The van der Waals surface area contributed by atoms with E-state index in [1.54, 1.807) is 43.5 Å². The van der Waals surface area contributed by atoms with Crippen LogP contribution in [0.2, 0.25) is 10.0 Å². The van der Waals surface area contributed by atoms with Crippen molar-refractivity contribution in [1.29, 1.82) is 0 Å². The van der Waals surface area contributed by atoms with Crippen LogP contribution in [-0.4, -0.2) is 17.5 Å². The highest BCUT2D eigenvalue weighted by Gasteiger charge is 2.28. The van der Waals surface area contributed by atoms with Crippen molar-refractivity contribution in [2.75, 3.05) is 7.11 Å². The number of aromatic nitrogens is 1. The Bertz CT molecular complexity index is 1450. The molecule has 0 bridgehead atoms. The van der Waals surface area contributed by atoms with E-state index in [-0.39, 0.29) is 18.1 Å². The lowest BCUT2D eigenvalue weighted by Gasteiger charge is -2.09. The van der Waals surface area contributed by atoms with Crippen molar-refractivity contribution in [3.05, 3.63) is 93.3 Å². The third-order valence-corrected chi connectivity index (χ3v) is 6.38. The molecule has 0 amide bonds. The van der Waals surface area contributed by atoms with Crippen molar-refractivity contribution < 1.29 is 19.0 Å². The van der Waals surface area contributed by atoms with Gasteiger partial charge in [0.05, 0.1) is 12.7 Å². The predicted octanol–water partition coefficient (Wildman–Crippen LogP) is 7.17. The van der Waals surface area contributed by atoms with Crippen molar-refractivity contribution in [3.63, 3.8) is 0 Å². The number of carbonyl (C=O) groups excluding carboxylic acids is 1. The van der Waals surface area contributed by atoms with Crippen molar-refractivity contribution in [3.8, 4) is 17.2 Å². The topological polar surface area (TPSA) is 49.7 Å². The van der Waals surface area contributed by atoms with E-state index in [1.165, 1.54) is 0 Å². The van der Waals surface area contributed by atoms with Crippen molar-refractivity contribution in [2.24, 2.45) is 0 Å². The van der Waals surface area contributed by atoms with Gasteiger partial charge in [-0.3, -0.25) is 4.79 Å². The second-order valence-electron chi connectivity index (χ2n) is 7.88. The van der Waals surface area contributed by atoms with Gasteiger partial charge in [-0.2, -0.15) is 0 Å². The third kappa shape index (κ3) is 4.13. The van der Waals surface area contributed by atoms with Gasteiger partial charge in [0.1, 0.15) is 23.9 Å². The summed E-state index contributed by atoms with van der Waals surface area (Å²) in [6.45, 7) is 3.15. The van der Waals surface area contributed by atoms with E-state index >= 15 is 0 Å². The largest absolute Gasteiger partial charge is 0.497 e. The molecule has 0 unspecified atom stereocenters. The number of methoxy groups -OCH3 is 1. The molecule has 172 valence electrons.